The average Bonchev–Trinajstić information content (AvgIpc) is 3.45. The monoisotopic (exact) mass is 481 g/mol. The number of carbonyl (C=O) groups excluding carboxylic acids is 1. The summed E-state index contributed by atoms with van der Waals surface area (Å²) in [5.74, 6) is 1.24. The highest BCUT2D eigenvalue weighted by atomic mass is 35.5. The molecule has 0 fully saturated rings. The van der Waals surface area contributed by atoms with Crippen LogP contribution in [-0.2, 0) is 4.79 Å². The molecule has 160 valence electrons. The van der Waals surface area contributed by atoms with Gasteiger partial charge in [-0.15, -0.1) is 21.5 Å². The summed E-state index contributed by atoms with van der Waals surface area (Å²) in [5, 5.41) is 24.1. The average molecular weight is 482 g/mol. The number of thioether (sulfide) groups is 1. The van der Waals surface area contributed by atoms with E-state index >= 15 is 0 Å². The second-order valence-corrected chi connectivity index (χ2v) is 8.75. The number of methoxy groups -OCH3 is 1. The molecule has 4 rings (SSSR count). The third-order valence-electron chi connectivity index (χ3n) is 4.44. The Bertz CT molecular complexity index is 1280. The Kier molecular flexibility index (Phi) is 6.75. The zero-order chi connectivity index (χ0) is 22.5. The van der Waals surface area contributed by atoms with Gasteiger partial charge in [0.2, 0.25) is 5.91 Å². The van der Waals surface area contributed by atoms with E-state index in [1.165, 1.54) is 23.1 Å². The molecule has 0 aliphatic rings. The molecule has 0 atom stereocenters. The summed E-state index contributed by atoms with van der Waals surface area (Å²) in [5.41, 5.74) is 2.11. The van der Waals surface area contributed by atoms with Crippen molar-refractivity contribution in [2.24, 2.45) is 0 Å². The number of carbonyl (C=O) groups is 1. The van der Waals surface area contributed by atoms with Crippen molar-refractivity contribution in [3.05, 3.63) is 70.6 Å². The number of aromatic nitrogens is 3. The lowest BCUT2D eigenvalue weighted by Gasteiger charge is -2.11. The Balaban J connectivity index is 1.61. The van der Waals surface area contributed by atoms with Gasteiger partial charge in [0.15, 0.2) is 11.0 Å². The third-order valence-corrected chi connectivity index (χ3v) is 6.45. The molecular weight excluding hydrogens is 466 g/mol. The molecule has 0 aliphatic heterocycles. The highest BCUT2D eigenvalue weighted by Crippen LogP contribution is 2.30. The largest absolute Gasteiger partial charge is 0.497 e. The van der Waals surface area contributed by atoms with E-state index in [4.69, 9.17) is 21.6 Å². The molecule has 1 amide bonds. The third kappa shape index (κ3) is 4.78. The van der Waals surface area contributed by atoms with E-state index in [2.05, 4.69) is 21.6 Å². The normalized spacial score (nSPS) is 10.5. The van der Waals surface area contributed by atoms with Gasteiger partial charge in [-0.1, -0.05) is 23.4 Å². The van der Waals surface area contributed by atoms with Gasteiger partial charge < -0.3 is 10.1 Å². The van der Waals surface area contributed by atoms with Crippen LogP contribution in [0.2, 0.25) is 5.02 Å². The first-order valence-electron chi connectivity index (χ1n) is 9.35. The summed E-state index contributed by atoms with van der Waals surface area (Å²) in [7, 11) is 1.61. The molecule has 32 heavy (non-hydrogen) atoms. The molecule has 0 saturated heterocycles. The van der Waals surface area contributed by atoms with Crippen molar-refractivity contribution in [1.82, 2.24) is 14.8 Å². The minimum absolute atomic E-state index is 0.108. The second kappa shape index (κ2) is 9.87. The topological polar surface area (TPSA) is 92.8 Å². The molecule has 0 unspecified atom stereocenters. The number of amides is 1. The Labute approximate surface area is 197 Å². The number of halogens is 1. The van der Waals surface area contributed by atoms with Crippen molar-refractivity contribution in [2.75, 3.05) is 18.2 Å². The van der Waals surface area contributed by atoms with Crippen LogP contribution >= 0.6 is 34.7 Å². The molecule has 0 spiro atoms. The van der Waals surface area contributed by atoms with E-state index in [1.807, 2.05) is 41.0 Å². The summed E-state index contributed by atoms with van der Waals surface area (Å²) in [6, 6.07) is 18.5. The van der Waals surface area contributed by atoms with E-state index in [0.29, 0.717) is 26.6 Å². The first-order valence-corrected chi connectivity index (χ1v) is 11.6. The Morgan fingerprint density at radius 3 is 2.62 bits per heavy atom. The lowest BCUT2D eigenvalue weighted by Crippen LogP contribution is -2.14. The SMILES string of the molecule is COc1ccc(-c2nnc(SCC(=O)Nc3sccc3C#N)n2-c2ccc(Cl)cc2)cc1. The quantitative estimate of drug-likeness (QED) is 0.362. The number of hydrogen-bond acceptors (Lipinski definition) is 7. The van der Waals surface area contributed by atoms with Crippen LogP contribution in [0.5, 0.6) is 5.75 Å². The number of anilines is 1. The van der Waals surface area contributed by atoms with Gasteiger partial charge in [-0.3, -0.25) is 9.36 Å². The van der Waals surface area contributed by atoms with Crippen LogP contribution in [0, 0.1) is 11.3 Å². The first-order chi connectivity index (χ1) is 15.6. The zero-order valence-corrected chi connectivity index (χ0v) is 19.2. The number of benzene rings is 2. The molecule has 0 aliphatic carbocycles. The predicted octanol–water partition coefficient (Wildman–Crippen LogP) is 5.26. The molecule has 2 aromatic carbocycles. The van der Waals surface area contributed by atoms with Gasteiger partial charge in [0.1, 0.15) is 16.8 Å². The summed E-state index contributed by atoms with van der Waals surface area (Å²) in [4.78, 5) is 12.5. The number of thiophene rings is 1. The van der Waals surface area contributed by atoms with Gasteiger partial charge in [-0.05, 0) is 60.0 Å². The molecular formula is C22H16ClN5O2S2. The molecule has 7 nitrogen and oxygen atoms in total. The fraction of sp³-hybridized carbons (Fsp3) is 0.0909. The number of rotatable bonds is 7. The Morgan fingerprint density at radius 2 is 1.94 bits per heavy atom. The van der Waals surface area contributed by atoms with Gasteiger partial charge in [-0.25, -0.2) is 0 Å². The smallest absolute Gasteiger partial charge is 0.235 e. The van der Waals surface area contributed by atoms with Crippen LogP contribution in [0.15, 0.2) is 65.1 Å². The highest BCUT2D eigenvalue weighted by molar-refractivity contribution is 7.99. The van der Waals surface area contributed by atoms with Crippen LogP contribution in [0.3, 0.4) is 0 Å². The molecule has 4 aromatic rings. The van der Waals surface area contributed by atoms with Crippen molar-refractivity contribution >= 4 is 45.6 Å². The predicted molar refractivity (Wildman–Crippen MR) is 127 cm³/mol. The lowest BCUT2D eigenvalue weighted by atomic mass is 10.2. The highest BCUT2D eigenvalue weighted by Gasteiger charge is 2.18. The van der Waals surface area contributed by atoms with Gasteiger partial charge >= 0.3 is 0 Å². The van der Waals surface area contributed by atoms with Crippen molar-refractivity contribution in [3.63, 3.8) is 0 Å². The minimum Gasteiger partial charge on any atom is -0.497 e. The molecule has 1 N–H and O–H groups in total. The summed E-state index contributed by atoms with van der Waals surface area (Å²) < 4.78 is 7.11. The van der Waals surface area contributed by atoms with Crippen molar-refractivity contribution < 1.29 is 9.53 Å². The van der Waals surface area contributed by atoms with Gasteiger partial charge in [-0.2, -0.15) is 5.26 Å². The van der Waals surface area contributed by atoms with Crippen LogP contribution in [0.25, 0.3) is 17.1 Å². The molecule has 0 bridgehead atoms. The first kappa shape index (κ1) is 21.9. The summed E-state index contributed by atoms with van der Waals surface area (Å²) in [6.45, 7) is 0. The van der Waals surface area contributed by atoms with E-state index in [1.54, 1.807) is 30.7 Å². The fourth-order valence-corrected chi connectivity index (χ4v) is 4.53. The molecule has 0 saturated carbocycles. The lowest BCUT2D eigenvalue weighted by molar-refractivity contribution is -0.113. The summed E-state index contributed by atoms with van der Waals surface area (Å²) >= 11 is 8.63. The Hall–Kier alpha value is -3.32. The fourth-order valence-electron chi connectivity index (χ4n) is 2.90. The Morgan fingerprint density at radius 1 is 1.19 bits per heavy atom. The standard InChI is InChI=1S/C22H16ClN5O2S2/c1-30-18-8-2-14(3-9-18)20-26-27-22(28(20)17-6-4-16(23)5-7-17)32-13-19(29)25-21-15(12-24)10-11-31-21/h2-11H,13H2,1H3,(H,25,29). The van der Waals surface area contributed by atoms with E-state index in [9.17, 15) is 4.79 Å². The maximum absolute atomic E-state index is 12.5. The second-order valence-electron chi connectivity index (χ2n) is 6.46. The summed E-state index contributed by atoms with van der Waals surface area (Å²) in [6.07, 6.45) is 0. The number of ether oxygens (including phenoxy) is 1. The van der Waals surface area contributed by atoms with E-state index < -0.39 is 0 Å². The van der Waals surface area contributed by atoms with Crippen LogP contribution in [0.1, 0.15) is 5.56 Å². The maximum atomic E-state index is 12.5. The number of nitrogens with one attached hydrogen (secondary N) is 1. The number of hydrogen-bond donors (Lipinski definition) is 1. The van der Waals surface area contributed by atoms with Gasteiger partial charge in [0, 0.05) is 16.3 Å². The minimum atomic E-state index is -0.231. The number of nitriles is 1. The molecule has 2 heterocycles. The van der Waals surface area contributed by atoms with Crippen molar-refractivity contribution in [2.45, 2.75) is 5.16 Å². The maximum Gasteiger partial charge on any atom is 0.235 e. The molecule has 0 radical (unpaired) electrons. The van der Waals surface area contributed by atoms with Gasteiger partial charge in [0.05, 0.1) is 18.4 Å². The molecule has 10 heteroatoms. The molecule has 2 aromatic heterocycles. The van der Waals surface area contributed by atoms with Crippen LogP contribution < -0.4 is 10.1 Å². The van der Waals surface area contributed by atoms with Crippen LogP contribution in [-0.4, -0.2) is 33.5 Å². The van der Waals surface area contributed by atoms with E-state index in [0.717, 1.165) is 17.0 Å². The van der Waals surface area contributed by atoms with Crippen molar-refractivity contribution in [1.29, 1.82) is 5.26 Å². The van der Waals surface area contributed by atoms with Crippen LogP contribution in [0.4, 0.5) is 5.00 Å². The number of nitrogens with zero attached hydrogens (tertiary/aromatic N) is 4. The zero-order valence-electron chi connectivity index (χ0n) is 16.8. The van der Waals surface area contributed by atoms with Gasteiger partial charge in [0.25, 0.3) is 0 Å². The van der Waals surface area contributed by atoms with Crippen molar-refractivity contribution in [3.8, 4) is 28.9 Å². The van der Waals surface area contributed by atoms with E-state index in [-0.39, 0.29) is 11.7 Å².